The van der Waals surface area contributed by atoms with Crippen molar-refractivity contribution < 1.29 is 9.53 Å². The van der Waals surface area contributed by atoms with Gasteiger partial charge in [-0.3, -0.25) is 4.79 Å². The van der Waals surface area contributed by atoms with Gasteiger partial charge in [-0.1, -0.05) is 0 Å². The van der Waals surface area contributed by atoms with E-state index in [1.807, 2.05) is 0 Å². The molecule has 12 heavy (non-hydrogen) atoms. The molecule has 0 aliphatic rings. The van der Waals surface area contributed by atoms with E-state index in [2.05, 4.69) is 16.1 Å². The van der Waals surface area contributed by atoms with Gasteiger partial charge in [-0.15, -0.1) is 0 Å². The average molecular weight is 230 g/mol. The Balaban J connectivity index is 2.84. The van der Waals surface area contributed by atoms with Crippen molar-refractivity contribution in [3.05, 3.63) is 24.3 Å². The summed E-state index contributed by atoms with van der Waals surface area (Å²) in [7, 11) is 1.60. The van der Waals surface area contributed by atoms with Crippen LogP contribution in [-0.2, 0) is 4.79 Å². The Hall–Kier alpha value is -1.03. The van der Waals surface area contributed by atoms with Gasteiger partial charge in [0.2, 0.25) is 6.41 Å². The number of methoxy groups -OCH3 is 1. The van der Waals surface area contributed by atoms with Crippen LogP contribution in [0.3, 0.4) is 0 Å². The van der Waals surface area contributed by atoms with Crippen molar-refractivity contribution in [1.82, 2.24) is 0 Å². The molecular weight excluding hydrogens is 222 g/mol. The van der Waals surface area contributed by atoms with E-state index in [0.717, 1.165) is 11.4 Å². The van der Waals surface area contributed by atoms with Gasteiger partial charge in [-0.05, 0) is 24.3 Å². The molecule has 0 saturated heterocycles. The van der Waals surface area contributed by atoms with Gasteiger partial charge in [-0.2, -0.15) is 0 Å². The van der Waals surface area contributed by atoms with E-state index in [-0.39, 0.29) is 0 Å². The quantitative estimate of drug-likeness (QED) is 0.586. The second kappa shape index (κ2) is 4.11. The monoisotopic (exact) mass is 229 g/mol. The van der Waals surface area contributed by atoms with Crippen molar-refractivity contribution in [1.29, 1.82) is 0 Å². The molecule has 0 fully saturated rings. The summed E-state index contributed by atoms with van der Waals surface area (Å²) in [6.07, 6.45) is 0.682. The summed E-state index contributed by atoms with van der Waals surface area (Å²) in [4.78, 5) is 10.3. The number of benzene rings is 1. The smallest absolute Gasteiger partial charge is 0.224 e. The zero-order valence-electron chi connectivity index (χ0n) is 6.53. The Labute approximate surface area is 79.3 Å². The first kappa shape index (κ1) is 9.06. The molecule has 0 aromatic heterocycles. The third-order valence-electron chi connectivity index (χ3n) is 1.41. The summed E-state index contributed by atoms with van der Waals surface area (Å²) < 4.78 is 6.27. The molecule has 0 aliphatic heterocycles. The molecule has 0 N–H and O–H groups in total. The Bertz CT molecular complexity index is 260. The van der Waals surface area contributed by atoms with Crippen molar-refractivity contribution in [3.8, 4) is 5.75 Å². The number of rotatable bonds is 3. The van der Waals surface area contributed by atoms with Gasteiger partial charge < -0.3 is 4.74 Å². The fraction of sp³-hybridized carbons (Fsp3) is 0.125. The van der Waals surface area contributed by atoms with E-state index in [1.54, 1.807) is 31.4 Å². The van der Waals surface area contributed by atoms with Crippen LogP contribution >= 0.6 is 16.1 Å². The summed E-state index contributed by atoms with van der Waals surface area (Å²) in [6, 6.07) is 7.13. The standard InChI is InChI=1S/C8H8BrNO2/c1-12-8-4-2-7(3-5-8)10(9)6-11/h2-6H,1H3. The van der Waals surface area contributed by atoms with Gasteiger partial charge in [-0.25, -0.2) is 3.93 Å². The number of carbonyl (C=O) groups is 1. The van der Waals surface area contributed by atoms with Crippen LogP contribution in [0.25, 0.3) is 0 Å². The van der Waals surface area contributed by atoms with Crippen LogP contribution in [0.4, 0.5) is 5.69 Å². The normalized spacial score (nSPS) is 9.17. The minimum atomic E-state index is 0.682. The van der Waals surface area contributed by atoms with Crippen LogP contribution in [0, 0.1) is 0 Å². The largest absolute Gasteiger partial charge is 0.497 e. The molecule has 1 amide bonds. The summed E-state index contributed by atoms with van der Waals surface area (Å²) >= 11 is 3.06. The third-order valence-corrected chi connectivity index (χ3v) is 1.99. The number of amides is 1. The summed E-state index contributed by atoms with van der Waals surface area (Å²) in [5.74, 6) is 0.769. The first-order valence-electron chi connectivity index (χ1n) is 3.32. The van der Waals surface area contributed by atoms with Crippen LogP contribution < -0.4 is 8.66 Å². The Kier molecular flexibility index (Phi) is 3.10. The highest BCUT2D eigenvalue weighted by molar-refractivity contribution is 9.10. The van der Waals surface area contributed by atoms with Gasteiger partial charge >= 0.3 is 0 Å². The van der Waals surface area contributed by atoms with Crippen molar-refractivity contribution in [2.75, 3.05) is 11.0 Å². The molecule has 1 aromatic carbocycles. The maximum atomic E-state index is 10.3. The number of hydrogen-bond donors (Lipinski definition) is 0. The van der Waals surface area contributed by atoms with Crippen LogP contribution in [0.2, 0.25) is 0 Å². The highest BCUT2D eigenvalue weighted by Gasteiger charge is 1.99. The van der Waals surface area contributed by atoms with E-state index in [0.29, 0.717) is 6.41 Å². The lowest BCUT2D eigenvalue weighted by Crippen LogP contribution is -2.04. The molecule has 1 aromatic rings. The molecule has 1 rings (SSSR count). The average Bonchev–Trinajstić information content (AvgIpc) is 2.17. The van der Waals surface area contributed by atoms with Crippen molar-refractivity contribution in [2.24, 2.45) is 0 Å². The maximum Gasteiger partial charge on any atom is 0.224 e. The second-order valence-corrected chi connectivity index (χ2v) is 2.88. The molecule has 4 heteroatoms. The van der Waals surface area contributed by atoms with Crippen molar-refractivity contribution in [3.63, 3.8) is 0 Å². The lowest BCUT2D eigenvalue weighted by atomic mass is 10.3. The zero-order valence-corrected chi connectivity index (χ0v) is 8.11. The molecule has 0 aliphatic carbocycles. The maximum absolute atomic E-state index is 10.3. The molecule has 64 valence electrons. The van der Waals surface area contributed by atoms with Gasteiger partial charge in [0.25, 0.3) is 0 Å². The van der Waals surface area contributed by atoms with E-state index >= 15 is 0 Å². The van der Waals surface area contributed by atoms with Crippen molar-refractivity contribution in [2.45, 2.75) is 0 Å². The van der Waals surface area contributed by atoms with Crippen LogP contribution in [-0.4, -0.2) is 13.5 Å². The highest BCUT2D eigenvalue weighted by atomic mass is 79.9. The molecule has 3 nitrogen and oxygen atoms in total. The predicted molar refractivity (Wildman–Crippen MR) is 50.5 cm³/mol. The van der Waals surface area contributed by atoms with Gasteiger partial charge in [0.05, 0.1) is 28.9 Å². The molecule has 0 unspecified atom stereocenters. The minimum Gasteiger partial charge on any atom is -0.497 e. The first-order valence-corrected chi connectivity index (χ1v) is 4.03. The number of halogens is 1. The van der Waals surface area contributed by atoms with Gasteiger partial charge in [0.1, 0.15) is 5.75 Å². The molecule has 0 bridgehead atoms. The lowest BCUT2D eigenvalue weighted by Gasteiger charge is -2.07. The number of carbonyl (C=O) groups excluding carboxylic acids is 1. The van der Waals surface area contributed by atoms with Gasteiger partial charge in [0.15, 0.2) is 0 Å². The number of nitrogens with zero attached hydrogens (tertiary/aromatic N) is 1. The third kappa shape index (κ3) is 1.98. The lowest BCUT2D eigenvalue weighted by molar-refractivity contribution is -0.106. The fourth-order valence-electron chi connectivity index (χ4n) is 0.785. The molecule has 0 radical (unpaired) electrons. The topological polar surface area (TPSA) is 29.5 Å². The fourth-order valence-corrected chi connectivity index (χ4v) is 1.02. The summed E-state index contributed by atoms with van der Waals surface area (Å²) in [6.45, 7) is 0. The molecule has 0 spiro atoms. The number of hydrogen-bond acceptors (Lipinski definition) is 2. The molecule has 0 saturated carbocycles. The van der Waals surface area contributed by atoms with Crippen LogP contribution in [0.5, 0.6) is 5.75 Å². The van der Waals surface area contributed by atoms with Crippen LogP contribution in [0.1, 0.15) is 0 Å². The Morgan fingerprint density at radius 1 is 1.42 bits per heavy atom. The first-order chi connectivity index (χ1) is 5.77. The van der Waals surface area contributed by atoms with E-state index in [9.17, 15) is 4.79 Å². The second-order valence-electron chi connectivity index (χ2n) is 2.11. The summed E-state index contributed by atoms with van der Waals surface area (Å²) in [5, 5.41) is 0. The SMILES string of the molecule is COc1ccc(N(Br)C=O)cc1. The minimum absolute atomic E-state index is 0.682. The Morgan fingerprint density at radius 3 is 2.42 bits per heavy atom. The molecule has 0 heterocycles. The van der Waals surface area contributed by atoms with E-state index in [1.165, 1.54) is 3.93 Å². The van der Waals surface area contributed by atoms with E-state index in [4.69, 9.17) is 4.74 Å². The number of ether oxygens (including phenoxy) is 1. The predicted octanol–water partition coefficient (Wildman–Crippen LogP) is 1.97. The number of anilines is 1. The Morgan fingerprint density at radius 2 is 2.00 bits per heavy atom. The van der Waals surface area contributed by atoms with Crippen LogP contribution in [0.15, 0.2) is 24.3 Å². The van der Waals surface area contributed by atoms with Crippen molar-refractivity contribution >= 4 is 28.2 Å². The summed E-state index contributed by atoms with van der Waals surface area (Å²) in [5.41, 5.74) is 0.769. The molecule has 0 atom stereocenters. The van der Waals surface area contributed by atoms with Gasteiger partial charge in [0, 0.05) is 0 Å². The zero-order chi connectivity index (χ0) is 8.97. The molecular formula is C8H8BrNO2. The highest BCUT2D eigenvalue weighted by Crippen LogP contribution is 2.19. The van der Waals surface area contributed by atoms with E-state index < -0.39 is 0 Å².